The minimum absolute atomic E-state index is 0.129. The number of rotatable bonds is 11. The Labute approximate surface area is 329 Å². The lowest BCUT2D eigenvalue weighted by Gasteiger charge is -2.27. The molecule has 6 heterocycles. The monoisotopic (exact) mass is 792 g/mol. The Balaban J connectivity index is 0.862. The molecule has 2 aromatic carbocycles. The van der Waals surface area contributed by atoms with E-state index in [-0.39, 0.29) is 35.7 Å². The molecule has 3 amide bonds. The van der Waals surface area contributed by atoms with Gasteiger partial charge in [-0.25, -0.2) is 27.8 Å². The number of fused-ring (bicyclic) bond motifs is 2. The van der Waals surface area contributed by atoms with Gasteiger partial charge in [0.15, 0.2) is 11.3 Å². The molecule has 8 rings (SSSR count). The van der Waals surface area contributed by atoms with Gasteiger partial charge >= 0.3 is 5.69 Å². The number of anilines is 2. The first-order valence-electron chi connectivity index (χ1n) is 18.7. The van der Waals surface area contributed by atoms with Gasteiger partial charge in [0.1, 0.15) is 17.4 Å². The first-order chi connectivity index (χ1) is 28.2. The van der Waals surface area contributed by atoms with Crippen molar-refractivity contribution in [1.29, 1.82) is 0 Å². The number of nitrogens with one attached hydrogen (secondary N) is 2. The molecule has 2 fully saturated rings. The number of hydrogen-bond acceptors (Lipinski definition) is 10. The van der Waals surface area contributed by atoms with Gasteiger partial charge in [0.25, 0.3) is 12.3 Å². The van der Waals surface area contributed by atoms with E-state index < -0.39 is 30.0 Å². The molecule has 18 heteroatoms. The average molecular weight is 793 g/mol. The summed E-state index contributed by atoms with van der Waals surface area (Å²) >= 11 is 0. The fourth-order valence-electron chi connectivity index (χ4n) is 7.08. The van der Waals surface area contributed by atoms with Gasteiger partial charge in [-0.1, -0.05) is 30.0 Å². The number of benzene rings is 2. The van der Waals surface area contributed by atoms with Gasteiger partial charge in [-0.2, -0.15) is 10.2 Å². The highest BCUT2D eigenvalue weighted by atomic mass is 19.3. The molecule has 6 aromatic rings. The third-order valence-electron chi connectivity index (χ3n) is 10.0. The fraction of sp³-hybridized carbons (Fsp3) is 0.325. The number of piperidine rings is 1. The Morgan fingerprint density at radius 2 is 1.91 bits per heavy atom. The number of halogens is 2. The summed E-state index contributed by atoms with van der Waals surface area (Å²) in [4.78, 5) is 57.4. The SMILES string of the molecule is Cn1c(=O)n(C2CCC(=O)NC2=O)c2cccc(C#CCCCOCc3ccc(-n4cc(NC(=O)c5cnn6ccc(N7CCOCC7)nc56)c(C(F)F)n4)cc3)c21. The number of nitrogens with zero attached hydrogens (tertiary/aromatic N) is 8. The summed E-state index contributed by atoms with van der Waals surface area (Å²) < 4.78 is 45.1. The number of para-hydroxylation sites is 1. The molecule has 4 aromatic heterocycles. The van der Waals surface area contributed by atoms with Gasteiger partial charge in [0.2, 0.25) is 11.8 Å². The summed E-state index contributed by atoms with van der Waals surface area (Å²) in [6.45, 7) is 3.18. The number of imidazole rings is 1. The molecular weight excluding hydrogens is 754 g/mol. The van der Waals surface area contributed by atoms with Crippen molar-refractivity contribution in [2.24, 2.45) is 7.05 Å². The van der Waals surface area contributed by atoms with Gasteiger partial charge in [0.05, 0.1) is 60.2 Å². The van der Waals surface area contributed by atoms with Gasteiger partial charge < -0.3 is 19.7 Å². The molecule has 1 unspecified atom stereocenters. The first kappa shape index (κ1) is 38.2. The number of alkyl halides is 2. The van der Waals surface area contributed by atoms with E-state index in [0.29, 0.717) is 86.1 Å². The third kappa shape index (κ3) is 7.69. The summed E-state index contributed by atoms with van der Waals surface area (Å²) in [5, 5.41) is 13.2. The Morgan fingerprint density at radius 3 is 2.69 bits per heavy atom. The maximum Gasteiger partial charge on any atom is 0.329 e. The number of aryl methyl sites for hydroxylation is 1. The summed E-state index contributed by atoms with van der Waals surface area (Å²) in [5.74, 6) is 5.47. The third-order valence-corrected chi connectivity index (χ3v) is 10.0. The number of amides is 3. The van der Waals surface area contributed by atoms with Crippen molar-refractivity contribution in [2.45, 2.75) is 44.8 Å². The topological polar surface area (TPSA) is 172 Å². The number of carbonyl (C=O) groups excluding carboxylic acids is 3. The van der Waals surface area contributed by atoms with Crippen molar-refractivity contribution < 1.29 is 32.6 Å². The molecular formula is C40H38F2N10O6. The van der Waals surface area contributed by atoms with Crippen molar-refractivity contribution in [3.05, 3.63) is 100.0 Å². The molecule has 0 radical (unpaired) electrons. The number of aromatic nitrogens is 7. The van der Waals surface area contributed by atoms with Crippen molar-refractivity contribution in [2.75, 3.05) is 43.1 Å². The van der Waals surface area contributed by atoms with Crippen LogP contribution >= 0.6 is 0 Å². The van der Waals surface area contributed by atoms with Crippen LogP contribution in [0.3, 0.4) is 0 Å². The molecule has 1 atom stereocenters. The van der Waals surface area contributed by atoms with Crippen LogP contribution in [-0.2, 0) is 32.7 Å². The van der Waals surface area contributed by atoms with Gasteiger partial charge in [-0.15, -0.1) is 0 Å². The Bertz CT molecular complexity index is 2650. The van der Waals surface area contributed by atoms with E-state index in [0.717, 1.165) is 5.56 Å². The lowest BCUT2D eigenvalue weighted by molar-refractivity contribution is -0.135. The van der Waals surface area contributed by atoms with Crippen LogP contribution in [0.5, 0.6) is 0 Å². The normalized spacial score (nSPS) is 15.9. The minimum Gasteiger partial charge on any atom is -0.378 e. The highest BCUT2D eigenvalue weighted by Crippen LogP contribution is 2.29. The van der Waals surface area contributed by atoms with Crippen molar-refractivity contribution in [3.63, 3.8) is 0 Å². The molecule has 58 heavy (non-hydrogen) atoms. The molecule has 16 nitrogen and oxygen atoms in total. The lowest BCUT2D eigenvalue weighted by Crippen LogP contribution is -2.44. The number of hydrogen-bond donors (Lipinski definition) is 2. The summed E-state index contributed by atoms with van der Waals surface area (Å²) in [5.41, 5.74) is 2.57. The van der Waals surface area contributed by atoms with Crippen LogP contribution in [0.2, 0.25) is 0 Å². The second kappa shape index (κ2) is 16.4. The smallest absolute Gasteiger partial charge is 0.329 e. The number of unbranched alkanes of at least 4 members (excludes halogenated alkanes) is 1. The van der Waals surface area contributed by atoms with Crippen LogP contribution in [0.25, 0.3) is 22.4 Å². The van der Waals surface area contributed by atoms with E-state index in [4.69, 9.17) is 9.47 Å². The van der Waals surface area contributed by atoms with Crippen molar-refractivity contribution in [1.82, 2.24) is 38.8 Å². The van der Waals surface area contributed by atoms with Crippen LogP contribution in [0.15, 0.2) is 71.9 Å². The van der Waals surface area contributed by atoms with E-state index >= 15 is 0 Å². The molecule has 298 valence electrons. The molecule has 2 saturated heterocycles. The largest absolute Gasteiger partial charge is 0.378 e. The number of carbonyl (C=O) groups is 3. The standard InChI is InChI=1S/C40H38F2N10O6/c1-48-35-26(7-5-8-30(35)52(40(48)56)31-13-14-33(53)46-39(31)55)6-3-2-4-19-58-24-25-9-11-27(12-10-25)51-23-29(34(47-51)36(41)42)44-38(54)28-22-43-50-16-15-32(45-37(28)50)49-17-20-57-21-18-49/h5,7-12,15-16,22-23,31,36H,2,4,13-14,17-21,24H2,1H3,(H,44,54)(H,46,53,55). The molecule has 0 spiro atoms. The highest BCUT2D eigenvalue weighted by molar-refractivity contribution is 6.08. The number of ether oxygens (including phenoxy) is 2. The predicted molar refractivity (Wildman–Crippen MR) is 207 cm³/mol. The molecule has 0 bridgehead atoms. The average Bonchev–Trinajstić information content (AvgIpc) is 3.92. The van der Waals surface area contributed by atoms with Crippen LogP contribution in [0.4, 0.5) is 20.3 Å². The van der Waals surface area contributed by atoms with Crippen molar-refractivity contribution in [3.8, 4) is 17.5 Å². The van der Waals surface area contributed by atoms with E-state index in [1.165, 1.54) is 30.7 Å². The second-order valence-corrected chi connectivity index (χ2v) is 13.8. The van der Waals surface area contributed by atoms with Crippen LogP contribution < -0.4 is 21.2 Å². The van der Waals surface area contributed by atoms with E-state index in [1.807, 2.05) is 11.0 Å². The maximum absolute atomic E-state index is 14.1. The van der Waals surface area contributed by atoms with Gasteiger partial charge in [-0.05, 0) is 48.7 Å². The fourth-order valence-corrected chi connectivity index (χ4v) is 7.08. The quantitative estimate of drug-likeness (QED) is 0.111. The maximum atomic E-state index is 14.1. The molecule has 2 aliphatic rings. The van der Waals surface area contributed by atoms with Gasteiger partial charge in [-0.3, -0.25) is 28.8 Å². The number of morpholine rings is 1. The zero-order valence-electron chi connectivity index (χ0n) is 31.4. The highest BCUT2D eigenvalue weighted by Gasteiger charge is 2.31. The molecule has 0 aliphatic carbocycles. The molecule has 2 N–H and O–H groups in total. The summed E-state index contributed by atoms with van der Waals surface area (Å²) in [6, 6.07) is 13.5. The van der Waals surface area contributed by atoms with Crippen LogP contribution in [0, 0.1) is 11.8 Å². The lowest BCUT2D eigenvalue weighted by atomic mass is 10.1. The van der Waals surface area contributed by atoms with Gasteiger partial charge in [0, 0.05) is 45.8 Å². The Kier molecular flexibility index (Phi) is 10.8. The van der Waals surface area contributed by atoms with Crippen molar-refractivity contribution >= 4 is 45.9 Å². The van der Waals surface area contributed by atoms with E-state index in [2.05, 4.69) is 37.7 Å². The van der Waals surface area contributed by atoms with E-state index in [9.17, 15) is 28.0 Å². The molecule has 2 aliphatic heterocycles. The minimum atomic E-state index is -2.95. The summed E-state index contributed by atoms with van der Waals surface area (Å²) in [7, 11) is 1.64. The van der Waals surface area contributed by atoms with Crippen LogP contribution in [0.1, 0.15) is 65.3 Å². The van der Waals surface area contributed by atoms with Crippen LogP contribution in [-0.4, -0.2) is 84.1 Å². The first-order valence-corrected chi connectivity index (χ1v) is 18.7. The zero-order chi connectivity index (χ0) is 40.3. The second-order valence-electron chi connectivity index (χ2n) is 13.8. The predicted octanol–water partition coefficient (Wildman–Crippen LogP) is 3.92. The number of imide groups is 1. The Morgan fingerprint density at radius 1 is 1.10 bits per heavy atom. The zero-order valence-corrected chi connectivity index (χ0v) is 31.4. The van der Waals surface area contributed by atoms with E-state index in [1.54, 1.807) is 55.7 Å². The molecule has 0 saturated carbocycles. The summed E-state index contributed by atoms with van der Waals surface area (Å²) in [6.07, 6.45) is 3.04. The Hall–Kier alpha value is -6.71.